The number of allylic oxidation sites excluding steroid dienone is 1. The van der Waals surface area contributed by atoms with Crippen LogP contribution in [-0.2, 0) is 0 Å². The number of halogens is 3. The molecule has 160 valence electrons. The molecule has 0 bridgehead atoms. The predicted octanol–water partition coefficient (Wildman–Crippen LogP) is 7.88. The number of alkyl halides is 3. The van der Waals surface area contributed by atoms with Gasteiger partial charge in [-0.3, -0.25) is 0 Å². The summed E-state index contributed by atoms with van der Waals surface area (Å²) < 4.78 is 41.1. The molecule has 4 unspecified atom stereocenters. The molecule has 0 saturated heterocycles. The first-order valence-electron chi connectivity index (χ1n) is 11.4. The summed E-state index contributed by atoms with van der Waals surface area (Å²) in [5, 5.41) is 0. The molecule has 29 heavy (non-hydrogen) atoms. The number of hydrogen-bond acceptors (Lipinski definition) is 1. The van der Waals surface area contributed by atoms with E-state index >= 15 is 0 Å². The maximum atomic E-state index is 12.4. The van der Waals surface area contributed by atoms with E-state index in [0.29, 0.717) is 5.92 Å². The van der Waals surface area contributed by atoms with Crippen molar-refractivity contribution in [2.45, 2.75) is 76.5 Å². The van der Waals surface area contributed by atoms with Crippen LogP contribution in [0.2, 0.25) is 0 Å². The second-order valence-electron chi connectivity index (χ2n) is 9.63. The fraction of sp³-hybridized carbons (Fsp3) is 0.680. The summed E-state index contributed by atoms with van der Waals surface area (Å²) in [7, 11) is 0. The number of hydrogen-bond donors (Lipinski definition) is 0. The number of ether oxygens (including phenoxy) is 1. The molecule has 4 heteroatoms. The van der Waals surface area contributed by atoms with Crippen LogP contribution in [0.25, 0.3) is 0 Å². The predicted molar refractivity (Wildman–Crippen MR) is 110 cm³/mol. The van der Waals surface area contributed by atoms with Crippen LogP contribution in [0.15, 0.2) is 36.9 Å². The average Bonchev–Trinajstić information content (AvgIpc) is 2.72. The first kappa shape index (κ1) is 20.8. The van der Waals surface area contributed by atoms with E-state index in [-0.39, 0.29) is 5.75 Å². The van der Waals surface area contributed by atoms with Crippen LogP contribution in [-0.4, -0.2) is 6.36 Å². The lowest BCUT2D eigenvalue weighted by Gasteiger charge is -2.45. The minimum Gasteiger partial charge on any atom is -0.406 e. The normalized spacial score (nSPS) is 35.6. The van der Waals surface area contributed by atoms with Gasteiger partial charge in [-0.25, -0.2) is 0 Å². The van der Waals surface area contributed by atoms with E-state index in [1.807, 2.05) is 12.1 Å². The van der Waals surface area contributed by atoms with Crippen molar-refractivity contribution in [3.63, 3.8) is 0 Å². The number of fused-ring (bicyclic) bond motifs is 1. The molecule has 0 radical (unpaired) electrons. The maximum Gasteiger partial charge on any atom is 0.573 e. The third kappa shape index (κ3) is 5.19. The molecule has 4 atom stereocenters. The van der Waals surface area contributed by atoms with Gasteiger partial charge < -0.3 is 4.74 Å². The van der Waals surface area contributed by atoms with Gasteiger partial charge in [-0.05, 0) is 117 Å². The highest BCUT2D eigenvalue weighted by Gasteiger charge is 2.39. The Morgan fingerprint density at radius 2 is 1.31 bits per heavy atom. The molecule has 3 saturated carbocycles. The fourth-order valence-electron chi connectivity index (χ4n) is 6.45. The Bertz CT molecular complexity index is 672. The third-order valence-electron chi connectivity index (χ3n) is 8.06. The Labute approximate surface area is 172 Å². The van der Waals surface area contributed by atoms with Crippen LogP contribution in [0.1, 0.15) is 75.7 Å². The van der Waals surface area contributed by atoms with Gasteiger partial charge in [-0.15, -0.1) is 19.8 Å². The largest absolute Gasteiger partial charge is 0.573 e. The lowest BCUT2D eigenvalue weighted by atomic mass is 9.60. The molecule has 3 aliphatic rings. The first-order valence-corrected chi connectivity index (χ1v) is 11.4. The molecule has 3 fully saturated rings. The molecule has 0 aromatic heterocycles. The van der Waals surface area contributed by atoms with E-state index in [2.05, 4.69) is 17.4 Å². The van der Waals surface area contributed by atoms with Crippen molar-refractivity contribution < 1.29 is 17.9 Å². The summed E-state index contributed by atoms with van der Waals surface area (Å²) in [5.41, 5.74) is 1.17. The third-order valence-corrected chi connectivity index (χ3v) is 8.06. The van der Waals surface area contributed by atoms with E-state index < -0.39 is 6.36 Å². The van der Waals surface area contributed by atoms with Gasteiger partial charge in [-0.2, -0.15) is 0 Å². The molecule has 0 N–H and O–H groups in total. The molecular weight excluding hydrogens is 373 g/mol. The van der Waals surface area contributed by atoms with Gasteiger partial charge in [0.05, 0.1) is 0 Å². The Morgan fingerprint density at radius 1 is 0.759 bits per heavy atom. The second kappa shape index (κ2) is 8.73. The van der Waals surface area contributed by atoms with Crippen LogP contribution in [0.5, 0.6) is 5.75 Å². The standard InChI is InChI=1S/C25H33F3O/c1-2-17-3-5-18(6-4-17)20-7-9-23-16-21(8-10-22(23)15-20)19-11-13-24(14-12-19)29-25(26,27)28/h2,11-14,17-18,20-23H,1,3-10,15-16H2. The maximum absolute atomic E-state index is 12.4. The topological polar surface area (TPSA) is 9.23 Å². The van der Waals surface area contributed by atoms with Crippen molar-refractivity contribution in [1.29, 1.82) is 0 Å². The van der Waals surface area contributed by atoms with Crippen molar-refractivity contribution in [2.24, 2.45) is 29.6 Å². The van der Waals surface area contributed by atoms with Gasteiger partial charge >= 0.3 is 6.36 Å². The zero-order valence-electron chi connectivity index (χ0n) is 17.2. The molecule has 0 amide bonds. The SMILES string of the molecule is C=CC1CCC(C2CCC3CC(c4ccc(OC(F)(F)F)cc4)CCC3C2)CC1. The van der Waals surface area contributed by atoms with Crippen LogP contribution in [0.3, 0.4) is 0 Å². The Kier molecular flexibility index (Phi) is 6.27. The zero-order valence-corrected chi connectivity index (χ0v) is 17.2. The van der Waals surface area contributed by atoms with Crippen LogP contribution < -0.4 is 4.74 Å². The van der Waals surface area contributed by atoms with Crippen molar-refractivity contribution in [2.75, 3.05) is 0 Å². The zero-order chi connectivity index (χ0) is 20.4. The minimum atomic E-state index is -4.62. The Morgan fingerprint density at radius 3 is 1.93 bits per heavy atom. The van der Waals surface area contributed by atoms with Gasteiger partial charge in [0.25, 0.3) is 0 Å². The highest BCUT2D eigenvalue weighted by atomic mass is 19.4. The van der Waals surface area contributed by atoms with E-state index in [1.54, 1.807) is 0 Å². The van der Waals surface area contributed by atoms with Crippen LogP contribution in [0.4, 0.5) is 13.2 Å². The molecule has 1 aromatic carbocycles. The molecule has 0 spiro atoms. The molecule has 3 aliphatic carbocycles. The number of benzene rings is 1. The molecular formula is C25H33F3O. The van der Waals surface area contributed by atoms with Crippen LogP contribution in [0, 0.1) is 29.6 Å². The molecule has 1 nitrogen and oxygen atoms in total. The summed E-state index contributed by atoms with van der Waals surface area (Å²) in [4.78, 5) is 0. The summed E-state index contributed by atoms with van der Waals surface area (Å²) in [6, 6.07) is 6.59. The first-order chi connectivity index (χ1) is 13.9. The van der Waals surface area contributed by atoms with Gasteiger partial charge in [0.1, 0.15) is 5.75 Å². The fourth-order valence-corrected chi connectivity index (χ4v) is 6.45. The molecule has 0 aliphatic heterocycles. The average molecular weight is 407 g/mol. The Balaban J connectivity index is 1.30. The summed E-state index contributed by atoms with van der Waals surface area (Å²) in [6.45, 7) is 3.97. The quantitative estimate of drug-likeness (QED) is 0.462. The van der Waals surface area contributed by atoms with Crippen molar-refractivity contribution in [3.05, 3.63) is 42.5 Å². The highest BCUT2D eigenvalue weighted by molar-refractivity contribution is 5.30. The number of rotatable bonds is 4. The van der Waals surface area contributed by atoms with Crippen molar-refractivity contribution >= 4 is 0 Å². The van der Waals surface area contributed by atoms with Crippen molar-refractivity contribution in [3.8, 4) is 5.75 Å². The molecule has 4 rings (SSSR count). The highest BCUT2D eigenvalue weighted by Crippen LogP contribution is 2.51. The van der Waals surface area contributed by atoms with Crippen LogP contribution >= 0.6 is 0 Å². The van der Waals surface area contributed by atoms with Gasteiger partial charge in [0.2, 0.25) is 0 Å². The van der Waals surface area contributed by atoms with E-state index in [0.717, 1.165) is 36.0 Å². The van der Waals surface area contributed by atoms with Gasteiger partial charge in [0, 0.05) is 0 Å². The van der Waals surface area contributed by atoms with Crippen molar-refractivity contribution in [1.82, 2.24) is 0 Å². The summed E-state index contributed by atoms with van der Waals surface area (Å²) in [6.07, 6.45) is 10.7. The smallest absolute Gasteiger partial charge is 0.406 e. The van der Waals surface area contributed by atoms with E-state index in [4.69, 9.17) is 0 Å². The minimum absolute atomic E-state index is 0.124. The van der Waals surface area contributed by atoms with Gasteiger partial charge in [-0.1, -0.05) is 18.2 Å². The Hall–Kier alpha value is -1.45. The lowest BCUT2D eigenvalue weighted by molar-refractivity contribution is -0.274. The lowest BCUT2D eigenvalue weighted by Crippen LogP contribution is -2.34. The van der Waals surface area contributed by atoms with E-state index in [9.17, 15) is 13.2 Å². The second-order valence-corrected chi connectivity index (χ2v) is 9.63. The van der Waals surface area contributed by atoms with Gasteiger partial charge in [0.15, 0.2) is 0 Å². The summed E-state index contributed by atoms with van der Waals surface area (Å²) >= 11 is 0. The molecule has 1 aromatic rings. The van der Waals surface area contributed by atoms with E-state index in [1.165, 1.54) is 75.5 Å². The summed E-state index contributed by atoms with van der Waals surface area (Å²) in [5.74, 6) is 4.59. The molecule has 0 heterocycles. The monoisotopic (exact) mass is 406 g/mol.